The predicted octanol–water partition coefficient (Wildman–Crippen LogP) is 1.43. The van der Waals surface area contributed by atoms with Gasteiger partial charge in [-0.05, 0) is 48.7 Å². The van der Waals surface area contributed by atoms with Crippen LogP contribution in [0.2, 0.25) is 0 Å². The molecule has 2 aromatic carbocycles. The van der Waals surface area contributed by atoms with Crippen LogP contribution >= 0.6 is 0 Å². The summed E-state index contributed by atoms with van der Waals surface area (Å²) in [5.74, 6) is -1.73. The second-order valence-corrected chi connectivity index (χ2v) is 15.5. The highest BCUT2D eigenvalue weighted by Crippen LogP contribution is 2.35. The largest absolute Gasteiger partial charge is 0.349 e. The second kappa shape index (κ2) is 11.0. The number of benzene rings is 2. The Bertz CT molecular complexity index is 1830. The summed E-state index contributed by atoms with van der Waals surface area (Å²) >= 11 is 0. The molecule has 2 N–H and O–H groups in total. The van der Waals surface area contributed by atoms with Gasteiger partial charge in [0.05, 0.1) is 9.79 Å². The zero-order valence-corrected chi connectivity index (χ0v) is 24.7. The summed E-state index contributed by atoms with van der Waals surface area (Å²) in [5.41, 5.74) is -1.19. The molecule has 1 aliphatic rings. The quantitative estimate of drug-likeness (QED) is 0.285. The molecule has 0 aliphatic heterocycles. The van der Waals surface area contributed by atoms with Crippen molar-refractivity contribution in [2.24, 2.45) is 0 Å². The van der Waals surface area contributed by atoms with Gasteiger partial charge in [-0.1, -0.05) is 34.6 Å². The van der Waals surface area contributed by atoms with E-state index in [2.05, 4.69) is 0 Å². The SMILES string of the molecule is CCCCc1cc(S(=O)(=O)N(CC)S(=O)(=O)O)cc2c1C(=O)c1ccc(S(=O)(=O)N(CC)S(=O)(=O)O)cc1C2=O. The lowest BCUT2D eigenvalue weighted by Gasteiger charge is -2.24. The molecule has 0 saturated heterocycles. The summed E-state index contributed by atoms with van der Waals surface area (Å²) in [6, 6.07) is 4.47. The molecule has 1 aliphatic carbocycles. The standard InChI is InChI=1S/C22H26N2O12S4/c1-4-7-8-14-11-16(38(29,30)24(6-3)40(34,35)36)13-19-20(14)22(26)17-10-9-15(12-18(17)21(19)25)37(27,28)23(5-2)39(31,32)33/h9-13H,4-8H2,1-3H3,(H,31,32,33)(H,34,35,36). The monoisotopic (exact) mass is 638 g/mol. The van der Waals surface area contributed by atoms with Crippen molar-refractivity contribution in [2.75, 3.05) is 13.1 Å². The van der Waals surface area contributed by atoms with Crippen molar-refractivity contribution >= 4 is 52.2 Å². The van der Waals surface area contributed by atoms with Crippen LogP contribution in [0.25, 0.3) is 0 Å². The normalized spacial score (nSPS) is 14.5. The van der Waals surface area contributed by atoms with Gasteiger partial charge in [0.15, 0.2) is 11.6 Å². The maximum absolute atomic E-state index is 13.6. The van der Waals surface area contributed by atoms with E-state index in [-0.39, 0.29) is 30.5 Å². The van der Waals surface area contributed by atoms with E-state index in [0.29, 0.717) is 12.8 Å². The highest BCUT2D eigenvalue weighted by molar-refractivity contribution is 8.02. The Morgan fingerprint density at radius 1 is 0.650 bits per heavy atom. The molecular weight excluding hydrogens is 613 g/mol. The predicted molar refractivity (Wildman–Crippen MR) is 141 cm³/mol. The summed E-state index contributed by atoms with van der Waals surface area (Å²) in [5, 5.41) is 0. The molecule has 2 aromatic rings. The zero-order valence-electron chi connectivity index (χ0n) is 21.4. The Balaban J connectivity index is 2.31. The van der Waals surface area contributed by atoms with Crippen molar-refractivity contribution in [3.8, 4) is 0 Å². The molecule has 3 rings (SSSR count). The highest BCUT2D eigenvalue weighted by Gasteiger charge is 2.39. The van der Waals surface area contributed by atoms with Crippen LogP contribution < -0.4 is 0 Å². The molecule has 0 saturated carbocycles. The van der Waals surface area contributed by atoms with Crippen molar-refractivity contribution < 1.29 is 52.4 Å². The average molecular weight is 639 g/mol. The first-order valence-corrected chi connectivity index (χ1v) is 17.4. The molecule has 0 amide bonds. The van der Waals surface area contributed by atoms with E-state index in [1.807, 2.05) is 6.92 Å². The van der Waals surface area contributed by atoms with Crippen LogP contribution in [-0.4, -0.2) is 74.9 Å². The number of sulfonamides is 2. The lowest BCUT2D eigenvalue weighted by Crippen LogP contribution is -2.37. The van der Waals surface area contributed by atoms with Gasteiger partial charge in [-0.3, -0.25) is 18.7 Å². The molecular formula is C22H26N2O12S4. The number of hydrogen-bond acceptors (Lipinski definition) is 10. The summed E-state index contributed by atoms with van der Waals surface area (Å²) in [6.45, 7) is 2.75. The summed E-state index contributed by atoms with van der Waals surface area (Å²) in [7, 11) is -20.3. The third kappa shape index (κ3) is 5.62. The first-order chi connectivity index (χ1) is 18.3. The third-order valence-electron chi connectivity index (χ3n) is 6.11. The topological polar surface area (TPSA) is 218 Å². The summed E-state index contributed by atoms with van der Waals surface area (Å²) in [4.78, 5) is 25.7. The fourth-order valence-electron chi connectivity index (χ4n) is 4.33. The minimum atomic E-state index is -5.24. The molecule has 0 radical (unpaired) electrons. The number of carbonyl (C=O) groups is 2. The third-order valence-corrected chi connectivity index (χ3v) is 13.2. The van der Waals surface area contributed by atoms with Gasteiger partial charge in [0.1, 0.15) is 0 Å². The Morgan fingerprint density at radius 2 is 1.15 bits per heavy atom. The maximum atomic E-state index is 13.6. The van der Waals surface area contributed by atoms with Crippen molar-refractivity contribution in [1.29, 1.82) is 0 Å². The number of fused-ring (bicyclic) bond motifs is 2. The first kappa shape index (κ1) is 31.9. The lowest BCUT2D eigenvalue weighted by molar-refractivity contribution is 0.0977. The number of ketones is 2. The van der Waals surface area contributed by atoms with Crippen molar-refractivity contribution in [3.63, 3.8) is 0 Å². The van der Waals surface area contributed by atoms with Crippen LogP contribution in [0.15, 0.2) is 40.1 Å². The van der Waals surface area contributed by atoms with Crippen LogP contribution in [-0.2, 0) is 47.1 Å². The van der Waals surface area contributed by atoms with E-state index in [0.717, 1.165) is 44.2 Å². The van der Waals surface area contributed by atoms with Crippen LogP contribution in [0.3, 0.4) is 0 Å². The molecule has 220 valence electrons. The van der Waals surface area contributed by atoms with Gasteiger partial charge in [0, 0.05) is 35.3 Å². The van der Waals surface area contributed by atoms with Crippen molar-refractivity contribution in [3.05, 3.63) is 58.1 Å². The van der Waals surface area contributed by atoms with E-state index >= 15 is 0 Å². The van der Waals surface area contributed by atoms with E-state index in [1.165, 1.54) is 0 Å². The molecule has 0 bridgehead atoms. The van der Waals surface area contributed by atoms with E-state index in [4.69, 9.17) is 0 Å². The smallest absolute Gasteiger partial charge is 0.289 e. The number of hydrogen-bond donors (Lipinski definition) is 2. The Labute approximate surface area is 232 Å². The number of unbranched alkanes of at least 4 members (excludes halogenated alkanes) is 1. The maximum Gasteiger partial charge on any atom is 0.349 e. The number of aryl methyl sites for hydroxylation is 1. The fraction of sp³-hybridized carbons (Fsp3) is 0.364. The van der Waals surface area contributed by atoms with Crippen molar-refractivity contribution in [2.45, 2.75) is 49.8 Å². The van der Waals surface area contributed by atoms with Gasteiger partial charge in [-0.15, -0.1) is 0 Å². The van der Waals surface area contributed by atoms with Crippen LogP contribution in [0.4, 0.5) is 0 Å². The number of carbonyl (C=O) groups excluding carboxylic acids is 2. The lowest BCUT2D eigenvalue weighted by atomic mass is 9.81. The Hall–Kier alpha value is -2.58. The zero-order chi connectivity index (χ0) is 30.4. The Kier molecular flexibility index (Phi) is 8.79. The molecule has 0 aromatic heterocycles. The van der Waals surface area contributed by atoms with Crippen LogP contribution in [0, 0.1) is 0 Å². The number of rotatable bonds is 11. The Morgan fingerprint density at radius 3 is 1.62 bits per heavy atom. The fourth-order valence-corrected chi connectivity index (χ4v) is 9.70. The minimum Gasteiger partial charge on any atom is -0.289 e. The second-order valence-electron chi connectivity index (χ2n) is 8.62. The van der Waals surface area contributed by atoms with Gasteiger partial charge in [0.25, 0.3) is 20.0 Å². The van der Waals surface area contributed by atoms with E-state index < -0.39 is 86.2 Å². The van der Waals surface area contributed by atoms with Gasteiger partial charge in [-0.25, -0.2) is 16.8 Å². The number of nitrogens with zero attached hydrogens (tertiary/aromatic N) is 2. The average Bonchev–Trinajstić information content (AvgIpc) is 2.83. The molecule has 0 atom stereocenters. The summed E-state index contributed by atoms with van der Waals surface area (Å²) < 4.78 is 117. The molecule has 14 nitrogen and oxygen atoms in total. The van der Waals surface area contributed by atoms with Crippen LogP contribution in [0.5, 0.6) is 0 Å². The van der Waals surface area contributed by atoms with Gasteiger partial charge in [-0.2, -0.15) is 16.8 Å². The molecule has 0 heterocycles. The van der Waals surface area contributed by atoms with Crippen molar-refractivity contribution in [1.82, 2.24) is 7.42 Å². The summed E-state index contributed by atoms with van der Waals surface area (Å²) in [6.07, 6.45) is 1.19. The highest BCUT2D eigenvalue weighted by atomic mass is 32.3. The first-order valence-electron chi connectivity index (χ1n) is 11.7. The van der Waals surface area contributed by atoms with E-state index in [1.54, 1.807) is 0 Å². The molecule has 0 fully saturated rings. The molecule has 0 unspecified atom stereocenters. The molecule has 40 heavy (non-hydrogen) atoms. The van der Waals surface area contributed by atoms with Gasteiger partial charge < -0.3 is 0 Å². The van der Waals surface area contributed by atoms with Gasteiger partial charge >= 0.3 is 20.6 Å². The molecule has 0 spiro atoms. The van der Waals surface area contributed by atoms with Gasteiger partial charge in [0.2, 0.25) is 0 Å². The molecule has 18 heteroatoms. The minimum absolute atomic E-state index is 0.119. The van der Waals surface area contributed by atoms with Crippen LogP contribution in [0.1, 0.15) is 71.0 Å². The van der Waals surface area contributed by atoms with E-state index in [9.17, 15) is 52.4 Å².